The molecule has 0 fully saturated rings. The minimum atomic E-state index is 0.105. The minimum Gasteiger partial charge on any atom is -0.489 e. The number of rotatable bonds is 7. The van der Waals surface area contributed by atoms with Crippen molar-refractivity contribution < 1.29 is 4.74 Å². The molecule has 134 valence electrons. The molecule has 0 aliphatic heterocycles. The lowest BCUT2D eigenvalue weighted by molar-refractivity contribution is 0.244. The van der Waals surface area contributed by atoms with Crippen molar-refractivity contribution in [1.29, 1.82) is 0 Å². The summed E-state index contributed by atoms with van der Waals surface area (Å²) in [5.74, 6) is 2.13. The number of anilines is 3. The summed E-state index contributed by atoms with van der Waals surface area (Å²) in [6.07, 6.45) is 0.105. The van der Waals surface area contributed by atoms with Gasteiger partial charge in [-0.1, -0.05) is 42.5 Å². The molecule has 0 atom stereocenters. The maximum Gasteiger partial charge on any atom is 0.225 e. The van der Waals surface area contributed by atoms with E-state index in [0.717, 1.165) is 22.9 Å². The molecular weight excluding hydrogens is 324 g/mol. The van der Waals surface area contributed by atoms with Gasteiger partial charge < -0.3 is 15.4 Å². The molecule has 3 aromatic rings. The Hall–Kier alpha value is -3.08. The number of aromatic nitrogens is 2. The Morgan fingerprint density at radius 2 is 1.69 bits per heavy atom. The molecule has 26 heavy (non-hydrogen) atoms. The molecule has 0 aliphatic carbocycles. The third-order valence-corrected chi connectivity index (χ3v) is 3.66. The number of benzene rings is 2. The largest absolute Gasteiger partial charge is 0.489 e. The number of hydrogen-bond donors (Lipinski definition) is 2. The summed E-state index contributed by atoms with van der Waals surface area (Å²) in [6, 6.07) is 20.0. The summed E-state index contributed by atoms with van der Waals surface area (Å²) >= 11 is 0. The van der Waals surface area contributed by atoms with Gasteiger partial charge in [-0.3, -0.25) is 0 Å². The molecule has 2 N–H and O–H groups in total. The Balaban J connectivity index is 1.76. The molecule has 5 nitrogen and oxygen atoms in total. The molecule has 0 bridgehead atoms. The second kappa shape index (κ2) is 8.34. The van der Waals surface area contributed by atoms with Crippen molar-refractivity contribution in [3.8, 4) is 5.75 Å². The van der Waals surface area contributed by atoms with E-state index in [-0.39, 0.29) is 6.10 Å². The van der Waals surface area contributed by atoms with E-state index >= 15 is 0 Å². The quantitative estimate of drug-likeness (QED) is 0.634. The predicted molar refractivity (Wildman–Crippen MR) is 106 cm³/mol. The van der Waals surface area contributed by atoms with Crippen LogP contribution in [0.3, 0.4) is 0 Å². The fourth-order valence-corrected chi connectivity index (χ4v) is 2.55. The van der Waals surface area contributed by atoms with Gasteiger partial charge in [0.25, 0.3) is 0 Å². The summed E-state index contributed by atoms with van der Waals surface area (Å²) < 4.78 is 5.86. The Kier molecular flexibility index (Phi) is 5.69. The molecule has 0 saturated heterocycles. The van der Waals surface area contributed by atoms with E-state index < -0.39 is 0 Å². The first-order valence-electron chi connectivity index (χ1n) is 8.76. The maximum absolute atomic E-state index is 5.86. The van der Waals surface area contributed by atoms with Crippen molar-refractivity contribution in [2.75, 3.05) is 10.6 Å². The van der Waals surface area contributed by atoms with E-state index in [0.29, 0.717) is 12.5 Å². The van der Waals surface area contributed by atoms with E-state index in [2.05, 4.69) is 32.7 Å². The van der Waals surface area contributed by atoms with Crippen LogP contribution in [0.15, 0.2) is 60.7 Å². The van der Waals surface area contributed by atoms with Crippen LogP contribution in [0.5, 0.6) is 5.75 Å². The number of ether oxygens (including phenoxy) is 1. The lowest BCUT2D eigenvalue weighted by Gasteiger charge is -2.15. The van der Waals surface area contributed by atoms with E-state index in [9.17, 15) is 0 Å². The standard InChI is InChI=1S/C21H24N4O/c1-15(2)26-19-12-8-7-11-18(19)24-20-13-16(3)23-21(25-20)22-14-17-9-5-4-6-10-17/h4-13,15H,14H2,1-3H3,(H2,22,23,24,25). The summed E-state index contributed by atoms with van der Waals surface area (Å²) in [6.45, 7) is 6.66. The van der Waals surface area contributed by atoms with Crippen LogP contribution >= 0.6 is 0 Å². The topological polar surface area (TPSA) is 59.1 Å². The highest BCUT2D eigenvalue weighted by atomic mass is 16.5. The summed E-state index contributed by atoms with van der Waals surface area (Å²) in [5.41, 5.74) is 2.96. The van der Waals surface area contributed by atoms with Crippen LogP contribution in [0.1, 0.15) is 25.1 Å². The third-order valence-electron chi connectivity index (χ3n) is 3.66. The van der Waals surface area contributed by atoms with Gasteiger partial charge in [0.05, 0.1) is 11.8 Å². The van der Waals surface area contributed by atoms with Gasteiger partial charge in [-0.05, 0) is 38.5 Å². The molecule has 3 rings (SSSR count). The fraction of sp³-hybridized carbons (Fsp3) is 0.238. The SMILES string of the molecule is Cc1cc(Nc2ccccc2OC(C)C)nc(NCc2ccccc2)n1. The van der Waals surface area contributed by atoms with E-state index in [4.69, 9.17) is 4.74 Å². The van der Waals surface area contributed by atoms with Gasteiger partial charge in [-0.25, -0.2) is 4.98 Å². The van der Waals surface area contributed by atoms with Gasteiger partial charge in [-0.2, -0.15) is 4.98 Å². The van der Waals surface area contributed by atoms with Crippen molar-refractivity contribution >= 4 is 17.5 Å². The first-order chi connectivity index (χ1) is 12.6. The number of nitrogens with one attached hydrogen (secondary N) is 2. The number of para-hydroxylation sites is 2. The van der Waals surface area contributed by atoms with Gasteiger partial charge in [0.15, 0.2) is 0 Å². The van der Waals surface area contributed by atoms with Crippen LogP contribution in [0.4, 0.5) is 17.5 Å². The molecule has 0 spiro atoms. The van der Waals surface area contributed by atoms with Crippen molar-refractivity contribution in [3.63, 3.8) is 0 Å². The minimum absolute atomic E-state index is 0.105. The van der Waals surface area contributed by atoms with Gasteiger partial charge >= 0.3 is 0 Å². The number of aryl methyl sites for hydroxylation is 1. The van der Waals surface area contributed by atoms with Gasteiger partial charge in [-0.15, -0.1) is 0 Å². The van der Waals surface area contributed by atoms with Crippen LogP contribution in [-0.4, -0.2) is 16.1 Å². The van der Waals surface area contributed by atoms with E-state index in [1.54, 1.807) is 0 Å². The van der Waals surface area contributed by atoms with Crippen molar-refractivity contribution in [2.24, 2.45) is 0 Å². The predicted octanol–water partition coefficient (Wildman–Crippen LogP) is 4.93. The van der Waals surface area contributed by atoms with Crippen LogP contribution in [0, 0.1) is 6.92 Å². The highest BCUT2D eigenvalue weighted by Crippen LogP contribution is 2.28. The second-order valence-corrected chi connectivity index (χ2v) is 6.35. The first kappa shape index (κ1) is 17.7. The molecule has 0 unspecified atom stereocenters. The molecule has 0 saturated carbocycles. The number of hydrogen-bond acceptors (Lipinski definition) is 5. The zero-order chi connectivity index (χ0) is 18.4. The Morgan fingerprint density at radius 3 is 2.46 bits per heavy atom. The zero-order valence-electron chi connectivity index (χ0n) is 15.4. The molecule has 5 heteroatoms. The van der Waals surface area contributed by atoms with Gasteiger partial charge in [0.1, 0.15) is 11.6 Å². The maximum atomic E-state index is 5.86. The fourth-order valence-electron chi connectivity index (χ4n) is 2.55. The summed E-state index contributed by atoms with van der Waals surface area (Å²) in [7, 11) is 0. The Labute approximate surface area is 154 Å². The van der Waals surface area contributed by atoms with Crippen LogP contribution in [0.2, 0.25) is 0 Å². The van der Waals surface area contributed by atoms with Gasteiger partial charge in [0, 0.05) is 18.3 Å². The Morgan fingerprint density at radius 1 is 0.962 bits per heavy atom. The Bertz CT molecular complexity index is 850. The summed E-state index contributed by atoms with van der Waals surface area (Å²) in [4.78, 5) is 9.04. The number of nitrogens with zero attached hydrogens (tertiary/aromatic N) is 2. The first-order valence-corrected chi connectivity index (χ1v) is 8.76. The molecule has 1 heterocycles. The van der Waals surface area contributed by atoms with Crippen molar-refractivity contribution in [1.82, 2.24) is 9.97 Å². The zero-order valence-corrected chi connectivity index (χ0v) is 15.4. The normalized spacial score (nSPS) is 10.6. The molecule has 1 aromatic heterocycles. The van der Waals surface area contributed by atoms with Crippen LogP contribution in [-0.2, 0) is 6.54 Å². The molecule has 0 aliphatic rings. The lowest BCUT2D eigenvalue weighted by Crippen LogP contribution is -2.09. The lowest BCUT2D eigenvalue weighted by atomic mass is 10.2. The monoisotopic (exact) mass is 348 g/mol. The van der Waals surface area contributed by atoms with Crippen LogP contribution in [0.25, 0.3) is 0 Å². The van der Waals surface area contributed by atoms with E-state index in [1.807, 2.05) is 69.3 Å². The molecular formula is C21H24N4O. The van der Waals surface area contributed by atoms with Crippen molar-refractivity contribution in [3.05, 3.63) is 71.9 Å². The third kappa shape index (κ3) is 4.96. The highest BCUT2D eigenvalue weighted by molar-refractivity contribution is 5.64. The molecule has 0 amide bonds. The highest BCUT2D eigenvalue weighted by Gasteiger charge is 2.08. The smallest absolute Gasteiger partial charge is 0.225 e. The second-order valence-electron chi connectivity index (χ2n) is 6.35. The van der Waals surface area contributed by atoms with Crippen molar-refractivity contribution in [2.45, 2.75) is 33.4 Å². The molecule has 2 aromatic carbocycles. The van der Waals surface area contributed by atoms with Crippen LogP contribution < -0.4 is 15.4 Å². The summed E-state index contributed by atoms with van der Waals surface area (Å²) in [5, 5.41) is 6.62. The van der Waals surface area contributed by atoms with E-state index in [1.165, 1.54) is 5.56 Å². The average molecular weight is 348 g/mol. The molecule has 0 radical (unpaired) electrons. The average Bonchev–Trinajstić information content (AvgIpc) is 2.62. The van der Waals surface area contributed by atoms with Gasteiger partial charge in [0.2, 0.25) is 5.95 Å².